The first-order valence-electron chi connectivity index (χ1n) is 6.97. The molecule has 0 spiro atoms. The van der Waals surface area contributed by atoms with Crippen LogP contribution in [0.25, 0.3) is 11.6 Å². The largest absolute Gasteiger partial charge is 0.478 e. The van der Waals surface area contributed by atoms with E-state index in [9.17, 15) is 14.4 Å². The van der Waals surface area contributed by atoms with Crippen molar-refractivity contribution in [3.05, 3.63) is 83.4 Å². The van der Waals surface area contributed by atoms with Gasteiger partial charge in [-0.3, -0.25) is 4.79 Å². The van der Waals surface area contributed by atoms with Crippen molar-refractivity contribution in [2.75, 3.05) is 0 Å². The summed E-state index contributed by atoms with van der Waals surface area (Å²) in [5.74, 6) is -2.37. The average Bonchev–Trinajstić information content (AvgIpc) is 2.59. The van der Waals surface area contributed by atoms with Gasteiger partial charge in [0.25, 0.3) is 0 Å². The number of hydrogen-bond acceptors (Lipinski definition) is 3. The molecule has 0 aromatic heterocycles. The monoisotopic (exact) mass is 322 g/mol. The van der Waals surface area contributed by atoms with Crippen molar-refractivity contribution in [1.29, 1.82) is 0 Å². The fourth-order valence-electron chi connectivity index (χ4n) is 2.03. The number of allylic oxidation sites excluding steroid dienone is 1. The van der Waals surface area contributed by atoms with Gasteiger partial charge in [0.05, 0.1) is 5.56 Å². The average molecular weight is 322 g/mol. The Hall–Kier alpha value is -3.47. The van der Waals surface area contributed by atoms with Crippen molar-refractivity contribution in [3.63, 3.8) is 0 Å². The van der Waals surface area contributed by atoms with Crippen LogP contribution in [-0.2, 0) is 4.79 Å². The standard InChI is InChI=1S/C19H14O5/c1-12(14-7-9-16(10-8-14)19(23)24)18(22)15-5-2-13(3-6-15)4-11-17(20)21/h2-11H,1H2,(H,20,21)(H,23,24). The lowest BCUT2D eigenvalue weighted by Crippen LogP contribution is -2.02. The second-order valence-electron chi connectivity index (χ2n) is 4.98. The third-order valence-electron chi connectivity index (χ3n) is 3.35. The molecule has 2 aromatic carbocycles. The summed E-state index contributed by atoms with van der Waals surface area (Å²) in [7, 11) is 0. The summed E-state index contributed by atoms with van der Waals surface area (Å²) in [5.41, 5.74) is 1.99. The molecule has 5 nitrogen and oxygen atoms in total. The van der Waals surface area contributed by atoms with Crippen LogP contribution in [0.5, 0.6) is 0 Å². The second-order valence-corrected chi connectivity index (χ2v) is 4.98. The van der Waals surface area contributed by atoms with Crippen LogP contribution >= 0.6 is 0 Å². The maximum absolute atomic E-state index is 12.4. The van der Waals surface area contributed by atoms with Gasteiger partial charge in [0.15, 0.2) is 5.78 Å². The minimum Gasteiger partial charge on any atom is -0.478 e. The summed E-state index contributed by atoms with van der Waals surface area (Å²) in [5, 5.41) is 17.5. The predicted molar refractivity (Wildman–Crippen MR) is 89.9 cm³/mol. The third-order valence-corrected chi connectivity index (χ3v) is 3.35. The maximum Gasteiger partial charge on any atom is 0.335 e. The molecule has 0 atom stereocenters. The first kappa shape index (κ1) is 16.9. The van der Waals surface area contributed by atoms with Gasteiger partial charge < -0.3 is 10.2 Å². The normalized spacial score (nSPS) is 10.5. The molecule has 0 aliphatic rings. The minimum absolute atomic E-state index is 0.133. The Morgan fingerprint density at radius 3 is 1.79 bits per heavy atom. The summed E-state index contributed by atoms with van der Waals surface area (Å²) < 4.78 is 0. The summed E-state index contributed by atoms with van der Waals surface area (Å²) >= 11 is 0. The highest BCUT2D eigenvalue weighted by Gasteiger charge is 2.13. The minimum atomic E-state index is -1.05. The van der Waals surface area contributed by atoms with Gasteiger partial charge in [0.1, 0.15) is 0 Å². The van der Waals surface area contributed by atoms with Gasteiger partial charge in [0, 0.05) is 17.2 Å². The van der Waals surface area contributed by atoms with Gasteiger partial charge in [-0.25, -0.2) is 9.59 Å². The molecular weight excluding hydrogens is 308 g/mol. The number of carboxylic acid groups (broad SMARTS) is 2. The Kier molecular flexibility index (Phi) is 5.06. The highest BCUT2D eigenvalue weighted by molar-refractivity contribution is 6.28. The van der Waals surface area contributed by atoms with Crippen molar-refractivity contribution in [1.82, 2.24) is 0 Å². The zero-order valence-electron chi connectivity index (χ0n) is 12.6. The third kappa shape index (κ3) is 4.04. The lowest BCUT2D eigenvalue weighted by atomic mass is 9.97. The highest BCUT2D eigenvalue weighted by atomic mass is 16.4. The van der Waals surface area contributed by atoms with Gasteiger partial charge in [0.2, 0.25) is 0 Å². The highest BCUT2D eigenvalue weighted by Crippen LogP contribution is 2.19. The number of aliphatic carboxylic acids is 1. The van der Waals surface area contributed by atoms with Crippen LogP contribution in [0.15, 0.2) is 61.2 Å². The number of Topliss-reactive ketones (excluding diaryl/α,β-unsaturated/α-hetero) is 1. The molecule has 2 rings (SSSR count). The number of benzene rings is 2. The van der Waals surface area contributed by atoms with Crippen molar-refractivity contribution >= 4 is 29.4 Å². The van der Waals surface area contributed by atoms with Crippen LogP contribution in [0, 0.1) is 0 Å². The van der Waals surface area contributed by atoms with Gasteiger partial charge in [-0.1, -0.05) is 43.0 Å². The van der Waals surface area contributed by atoms with E-state index in [2.05, 4.69) is 6.58 Å². The lowest BCUT2D eigenvalue weighted by molar-refractivity contribution is -0.131. The fourth-order valence-corrected chi connectivity index (χ4v) is 2.03. The van der Waals surface area contributed by atoms with E-state index in [0.717, 1.165) is 6.08 Å². The molecule has 0 saturated heterocycles. The van der Waals surface area contributed by atoms with Gasteiger partial charge >= 0.3 is 11.9 Å². The molecule has 0 unspecified atom stereocenters. The Labute approximate surface area is 138 Å². The number of hydrogen-bond donors (Lipinski definition) is 2. The van der Waals surface area contributed by atoms with E-state index in [1.807, 2.05) is 0 Å². The lowest BCUT2D eigenvalue weighted by Gasteiger charge is -2.06. The molecule has 0 radical (unpaired) electrons. The molecule has 2 N–H and O–H groups in total. The predicted octanol–water partition coefficient (Wildman–Crippen LogP) is 3.38. The molecule has 0 heterocycles. The fraction of sp³-hybridized carbons (Fsp3) is 0. The molecule has 0 saturated carbocycles. The Balaban J connectivity index is 2.17. The second kappa shape index (κ2) is 7.19. The number of carbonyl (C=O) groups is 3. The summed E-state index contributed by atoms with van der Waals surface area (Å²) in [6.45, 7) is 3.77. The molecule has 2 aromatic rings. The van der Waals surface area contributed by atoms with Gasteiger partial charge in [-0.15, -0.1) is 0 Å². The van der Waals surface area contributed by atoms with E-state index in [1.165, 1.54) is 30.3 Å². The quantitative estimate of drug-likeness (QED) is 0.628. The number of ketones is 1. The van der Waals surface area contributed by atoms with E-state index in [-0.39, 0.29) is 16.9 Å². The summed E-state index contributed by atoms with van der Waals surface area (Å²) in [6.07, 6.45) is 2.44. The molecular formula is C19H14O5. The molecule has 24 heavy (non-hydrogen) atoms. The van der Waals surface area contributed by atoms with Crippen LogP contribution in [0.3, 0.4) is 0 Å². The van der Waals surface area contributed by atoms with E-state index in [4.69, 9.17) is 10.2 Å². The Morgan fingerprint density at radius 1 is 0.792 bits per heavy atom. The number of rotatable bonds is 6. The van der Waals surface area contributed by atoms with Crippen LogP contribution in [0.2, 0.25) is 0 Å². The molecule has 5 heteroatoms. The Bertz CT molecular complexity index is 827. The summed E-state index contributed by atoms with van der Waals surface area (Å²) in [6, 6.07) is 12.3. The molecule has 0 amide bonds. The molecule has 120 valence electrons. The molecule has 0 bridgehead atoms. The smallest absolute Gasteiger partial charge is 0.335 e. The van der Waals surface area contributed by atoms with Crippen LogP contribution < -0.4 is 0 Å². The van der Waals surface area contributed by atoms with Gasteiger partial charge in [-0.05, 0) is 29.3 Å². The number of aromatic carboxylic acids is 1. The Morgan fingerprint density at radius 2 is 1.29 bits per heavy atom. The number of carbonyl (C=O) groups excluding carboxylic acids is 1. The van der Waals surface area contributed by atoms with E-state index in [1.54, 1.807) is 24.3 Å². The topological polar surface area (TPSA) is 91.7 Å². The van der Waals surface area contributed by atoms with E-state index >= 15 is 0 Å². The van der Waals surface area contributed by atoms with Gasteiger partial charge in [-0.2, -0.15) is 0 Å². The first-order valence-corrected chi connectivity index (χ1v) is 6.97. The SMILES string of the molecule is C=C(C(=O)c1ccc(C=CC(=O)O)cc1)c1ccc(C(=O)O)cc1. The van der Waals surface area contributed by atoms with E-state index in [0.29, 0.717) is 16.7 Å². The van der Waals surface area contributed by atoms with Crippen LogP contribution in [0.1, 0.15) is 31.8 Å². The molecule has 0 aliphatic heterocycles. The van der Waals surface area contributed by atoms with E-state index < -0.39 is 11.9 Å². The summed E-state index contributed by atoms with van der Waals surface area (Å²) in [4.78, 5) is 33.7. The van der Waals surface area contributed by atoms with Crippen molar-refractivity contribution < 1.29 is 24.6 Å². The number of carboxylic acids is 2. The zero-order chi connectivity index (χ0) is 17.7. The van der Waals surface area contributed by atoms with Crippen LogP contribution in [0.4, 0.5) is 0 Å². The van der Waals surface area contributed by atoms with Crippen molar-refractivity contribution in [2.24, 2.45) is 0 Å². The van der Waals surface area contributed by atoms with Crippen LogP contribution in [-0.4, -0.2) is 27.9 Å². The first-order chi connectivity index (χ1) is 11.4. The van der Waals surface area contributed by atoms with Crippen molar-refractivity contribution in [3.8, 4) is 0 Å². The molecule has 0 aliphatic carbocycles. The molecule has 0 fully saturated rings. The van der Waals surface area contributed by atoms with Crippen molar-refractivity contribution in [2.45, 2.75) is 0 Å². The zero-order valence-corrected chi connectivity index (χ0v) is 12.6. The maximum atomic E-state index is 12.4.